The maximum atomic E-state index is 8.52. The Kier molecular flexibility index (Phi) is 15.6. The molecule has 0 N–H and O–H groups in total. The largest absolute Gasteiger partial charge is 0.813 e. The van der Waals surface area contributed by atoms with Crippen LogP contribution in [0.2, 0.25) is 4.89 Å². The van der Waals surface area contributed by atoms with E-state index >= 15 is 0 Å². The van der Waals surface area contributed by atoms with Gasteiger partial charge in [0.05, 0.1) is 0 Å². The molecule has 0 spiro atoms. The summed E-state index contributed by atoms with van der Waals surface area (Å²) in [5.41, 5.74) is 0. The molecule has 13 heavy (non-hydrogen) atoms. The van der Waals surface area contributed by atoms with Gasteiger partial charge in [0.15, 0.2) is 0 Å². The fourth-order valence-electron chi connectivity index (χ4n) is 0.840. The van der Waals surface area contributed by atoms with Crippen LogP contribution in [0.5, 0.6) is 0 Å². The van der Waals surface area contributed by atoms with Crippen LogP contribution in [0.15, 0.2) is 0 Å². The van der Waals surface area contributed by atoms with Gasteiger partial charge in [-0.3, -0.25) is 0 Å². The normalized spacial score (nSPS) is 12.2. The molecule has 0 aliphatic rings. The molecule has 0 aromatic rings. The van der Waals surface area contributed by atoms with Crippen molar-refractivity contribution in [2.45, 2.75) is 50.8 Å². The number of rotatable bonds is 5. The molecule has 3 nitrogen and oxygen atoms in total. The first kappa shape index (κ1) is 16.1. The van der Waals surface area contributed by atoms with E-state index in [9.17, 15) is 0 Å². The molecule has 0 fully saturated rings. The Hall–Kier alpha value is 0.644. The summed E-state index contributed by atoms with van der Waals surface area (Å²) in [7, 11) is -3.63. The molecule has 0 rings (SSSR count). The molecule has 1 unspecified atom stereocenters. The molecule has 5 heteroatoms. The second-order valence-electron chi connectivity index (χ2n) is 2.82. The molecule has 83 valence electrons. The van der Waals surface area contributed by atoms with Gasteiger partial charge in [0.2, 0.25) is 0 Å². The van der Waals surface area contributed by atoms with Gasteiger partial charge in [-0.25, -0.2) is 0 Å². The van der Waals surface area contributed by atoms with Gasteiger partial charge in [-0.2, -0.15) is 0 Å². The van der Waals surface area contributed by atoms with Crippen LogP contribution in [0.3, 0.4) is 0 Å². The van der Waals surface area contributed by atoms with Crippen LogP contribution in [0.25, 0.3) is 0 Å². The zero-order valence-electron chi connectivity index (χ0n) is 8.15. The van der Waals surface area contributed by atoms with Crippen LogP contribution in [-0.4, -0.2) is 0 Å². The fraction of sp³-hybridized carbons (Fsp3) is 1.00. The first-order chi connectivity index (χ1) is 6.00. The summed E-state index contributed by atoms with van der Waals surface area (Å²) < 4.78 is 8.52. The molecular formula is C8H18NiO3P. The van der Waals surface area contributed by atoms with Gasteiger partial charge in [-0.15, -0.1) is 0 Å². The zero-order chi connectivity index (χ0) is 10.7. The third-order valence-electron chi connectivity index (χ3n) is 1.44. The summed E-state index contributed by atoms with van der Waals surface area (Å²) in [6.07, 6.45) is 6.68. The van der Waals surface area contributed by atoms with E-state index in [4.69, 9.17) is 29.8 Å². The van der Waals surface area contributed by atoms with E-state index < -0.39 is 8.25 Å². The molecular weight excluding hydrogens is 234 g/mol. The molecule has 0 bridgehead atoms. The predicted molar refractivity (Wildman–Crippen MR) is 47.2 cm³/mol. The zero-order valence-corrected chi connectivity index (χ0v) is 10.1. The van der Waals surface area contributed by atoms with E-state index in [2.05, 4.69) is 13.8 Å². The molecule has 0 aliphatic carbocycles. The summed E-state index contributed by atoms with van der Waals surface area (Å²) in [5.74, 6) is 0. The molecule has 0 aromatic carbocycles. The standard InChI is InChI=1S/C8H17.Ni.H3O3P/c1-3-5-7-8-6-4-2;;1-4(2)3/h3H,4-8H2,1-2H3;;4H,(H2,1,2,3)/q;+2;/p-2. The van der Waals surface area contributed by atoms with Crippen LogP contribution >= 0.6 is 8.25 Å². The van der Waals surface area contributed by atoms with E-state index in [0.717, 1.165) is 0 Å². The van der Waals surface area contributed by atoms with Gasteiger partial charge in [-0.05, 0) is 0 Å². The maximum Gasteiger partial charge on any atom is -0.0813 e. The summed E-state index contributed by atoms with van der Waals surface area (Å²) in [6, 6.07) is 0. The second-order valence-corrected chi connectivity index (χ2v) is 4.29. The average molecular weight is 252 g/mol. The first-order valence-corrected chi connectivity index (χ1v) is 6.28. The minimum atomic E-state index is -3.63. The minimum Gasteiger partial charge on any atom is -0.813 e. The molecule has 1 atom stereocenters. The van der Waals surface area contributed by atoms with E-state index in [1.165, 1.54) is 32.1 Å². The van der Waals surface area contributed by atoms with Crippen molar-refractivity contribution in [3.05, 3.63) is 0 Å². The quantitative estimate of drug-likeness (QED) is 0.422. The Labute approximate surface area is 89.3 Å². The Morgan fingerprint density at radius 2 is 1.77 bits per heavy atom. The fourth-order valence-corrected chi connectivity index (χ4v) is 1.04. The van der Waals surface area contributed by atoms with E-state index in [0.29, 0.717) is 4.89 Å². The van der Waals surface area contributed by atoms with Crippen LogP contribution in [0.4, 0.5) is 0 Å². The minimum absolute atomic E-state index is 0.529. The van der Waals surface area contributed by atoms with Gasteiger partial charge in [0.1, 0.15) is 0 Å². The summed E-state index contributed by atoms with van der Waals surface area (Å²) in [5, 5.41) is 0. The second kappa shape index (κ2) is 12.6. The van der Waals surface area contributed by atoms with E-state index in [1.807, 2.05) is 0 Å². The van der Waals surface area contributed by atoms with Crippen molar-refractivity contribution >= 4 is 8.25 Å². The molecule has 0 saturated heterocycles. The summed E-state index contributed by atoms with van der Waals surface area (Å²) in [6.45, 7) is 4.37. The van der Waals surface area contributed by atoms with Gasteiger partial charge in [-0.1, -0.05) is 8.25 Å². The maximum absolute atomic E-state index is 8.52. The van der Waals surface area contributed by atoms with Crippen molar-refractivity contribution < 1.29 is 29.8 Å². The first-order valence-electron chi connectivity index (χ1n) is 4.49. The van der Waals surface area contributed by atoms with E-state index in [1.54, 1.807) is 0 Å². The molecule has 0 aromatic heterocycles. The molecule has 0 heterocycles. The average Bonchev–Trinajstić information content (AvgIpc) is 1.97. The predicted octanol–water partition coefficient (Wildman–Crippen LogP) is 1.41. The van der Waals surface area contributed by atoms with Crippen molar-refractivity contribution in [2.24, 2.45) is 0 Å². The third-order valence-corrected chi connectivity index (χ3v) is 1.72. The number of hydrogen-bond donors (Lipinski definition) is 0. The van der Waals surface area contributed by atoms with Gasteiger partial charge < -0.3 is 14.4 Å². The molecule has 0 radical (unpaired) electrons. The van der Waals surface area contributed by atoms with Gasteiger partial charge in [0.25, 0.3) is 0 Å². The van der Waals surface area contributed by atoms with Crippen molar-refractivity contribution in [1.29, 1.82) is 0 Å². The molecule has 0 saturated carbocycles. The van der Waals surface area contributed by atoms with Crippen LogP contribution in [0, 0.1) is 0 Å². The van der Waals surface area contributed by atoms with Gasteiger partial charge in [0, 0.05) is 0 Å². The van der Waals surface area contributed by atoms with Crippen molar-refractivity contribution in [2.75, 3.05) is 0 Å². The Morgan fingerprint density at radius 3 is 2.08 bits per heavy atom. The van der Waals surface area contributed by atoms with Gasteiger partial charge >= 0.3 is 66.3 Å². The number of hydrogen-bond acceptors (Lipinski definition) is 3. The Morgan fingerprint density at radius 1 is 1.31 bits per heavy atom. The van der Waals surface area contributed by atoms with Crippen molar-refractivity contribution in [3.63, 3.8) is 0 Å². The topological polar surface area (TPSA) is 63.2 Å². The summed E-state index contributed by atoms with van der Waals surface area (Å²) in [4.78, 5) is 17.6. The van der Waals surface area contributed by atoms with Crippen molar-refractivity contribution in [3.8, 4) is 0 Å². The smallest absolute Gasteiger partial charge is 0.0813 e. The third kappa shape index (κ3) is 32.5. The monoisotopic (exact) mass is 251 g/mol. The van der Waals surface area contributed by atoms with Crippen molar-refractivity contribution in [1.82, 2.24) is 0 Å². The molecule has 0 aliphatic heterocycles. The van der Waals surface area contributed by atoms with E-state index in [-0.39, 0.29) is 0 Å². The van der Waals surface area contributed by atoms with Crippen LogP contribution in [0.1, 0.15) is 46.0 Å². The summed E-state index contributed by atoms with van der Waals surface area (Å²) >= 11 is 4.76. The number of unbranched alkanes of at least 4 members (excludes halogenated alkanes) is 3. The SMILES string of the molecule is CCCCCC[CH](C)[Ni+2].O=[PH]([O-])[O-]. The van der Waals surface area contributed by atoms with Crippen LogP contribution < -0.4 is 9.79 Å². The van der Waals surface area contributed by atoms with Crippen LogP contribution in [-0.2, 0) is 20.0 Å². The molecule has 0 amide bonds. The Bertz CT molecular complexity index is 116. The Balaban J connectivity index is 0.